The van der Waals surface area contributed by atoms with E-state index in [4.69, 9.17) is 4.74 Å². The summed E-state index contributed by atoms with van der Waals surface area (Å²) >= 11 is 0. The van der Waals surface area contributed by atoms with Crippen molar-refractivity contribution in [3.63, 3.8) is 0 Å². The van der Waals surface area contributed by atoms with Crippen molar-refractivity contribution in [2.75, 3.05) is 0 Å². The first-order valence-electron chi connectivity index (χ1n) is 7.07. The van der Waals surface area contributed by atoms with Crippen LogP contribution < -0.4 is 0 Å². The van der Waals surface area contributed by atoms with Crippen molar-refractivity contribution in [1.29, 1.82) is 0 Å². The summed E-state index contributed by atoms with van der Waals surface area (Å²) in [4.78, 5) is 34.8. The quantitative estimate of drug-likeness (QED) is 0.567. The largest absolute Gasteiger partial charge is 0.454 e. The minimum Gasteiger partial charge on any atom is -0.454 e. The van der Waals surface area contributed by atoms with Gasteiger partial charge in [0.2, 0.25) is 0 Å². The Hall–Kier alpha value is -1.45. The van der Waals surface area contributed by atoms with Crippen LogP contribution in [0, 0.1) is 0 Å². The number of esters is 1. The fourth-order valence-corrected chi connectivity index (χ4v) is 2.01. The number of hydrogen-bond donors (Lipinski definition) is 0. The van der Waals surface area contributed by atoms with E-state index >= 15 is 0 Å². The molecule has 0 fully saturated rings. The molecule has 0 amide bonds. The average Bonchev–Trinajstić information content (AvgIpc) is 2.39. The second-order valence-corrected chi connectivity index (χ2v) is 4.88. The molecule has 0 radical (unpaired) electrons. The van der Waals surface area contributed by atoms with Gasteiger partial charge in [-0.2, -0.15) is 0 Å². The van der Waals surface area contributed by atoms with Crippen molar-refractivity contribution in [1.82, 2.24) is 0 Å². The van der Waals surface area contributed by atoms with Crippen LogP contribution in [0.2, 0.25) is 0 Å². The van der Waals surface area contributed by atoms with Crippen molar-refractivity contribution in [2.24, 2.45) is 0 Å². The van der Waals surface area contributed by atoms with Gasteiger partial charge < -0.3 is 4.74 Å². The van der Waals surface area contributed by atoms with Crippen LogP contribution in [0.5, 0.6) is 0 Å². The van der Waals surface area contributed by atoms with Gasteiger partial charge in [-0.3, -0.25) is 14.4 Å². The number of ketones is 2. The summed E-state index contributed by atoms with van der Waals surface area (Å²) in [6.45, 7) is 2.11. The Kier molecular flexibility index (Phi) is 7.08. The zero-order chi connectivity index (χ0) is 14.1. The van der Waals surface area contributed by atoms with Crippen molar-refractivity contribution in [3.05, 3.63) is 12.2 Å². The second-order valence-electron chi connectivity index (χ2n) is 4.88. The molecule has 1 aliphatic heterocycles. The first kappa shape index (κ1) is 15.6. The lowest BCUT2D eigenvalue weighted by Crippen LogP contribution is -2.27. The SMILES string of the molecule is CCCCCCC1OC(=O)CCCC(=O)C=CC1=O. The molecule has 4 nitrogen and oxygen atoms in total. The Labute approximate surface area is 114 Å². The number of cyclic esters (lactones) is 1. The molecule has 0 saturated heterocycles. The van der Waals surface area contributed by atoms with Crippen molar-refractivity contribution in [3.8, 4) is 0 Å². The molecule has 1 rings (SSSR count). The van der Waals surface area contributed by atoms with E-state index < -0.39 is 6.10 Å². The third-order valence-corrected chi connectivity index (χ3v) is 3.15. The van der Waals surface area contributed by atoms with Crippen LogP contribution in [0.15, 0.2) is 12.2 Å². The second kappa shape index (κ2) is 8.62. The zero-order valence-electron chi connectivity index (χ0n) is 11.5. The van der Waals surface area contributed by atoms with E-state index in [1.54, 1.807) is 0 Å². The number of carbonyl (C=O) groups excluding carboxylic acids is 3. The fourth-order valence-electron chi connectivity index (χ4n) is 2.01. The number of allylic oxidation sites excluding steroid dienone is 1. The highest BCUT2D eigenvalue weighted by molar-refractivity contribution is 6.01. The number of rotatable bonds is 5. The first-order valence-corrected chi connectivity index (χ1v) is 7.07. The van der Waals surface area contributed by atoms with Gasteiger partial charge in [0.25, 0.3) is 0 Å². The zero-order valence-corrected chi connectivity index (χ0v) is 11.5. The molecule has 0 bridgehead atoms. The summed E-state index contributed by atoms with van der Waals surface area (Å²) in [7, 11) is 0. The lowest BCUT2D eigenvalue weighted by molar-refractivity contribution is -0.154. The maximum atomic E-state index is 11.9. The van der Waals surface area contributed by atoms with Crippen molar-refractivity contribution in [2.45, 2.75) is 64.4 Å². The molecule has 0 saturated carbocycles. The van der Waals surface area contributed by atoms with Crippen LogP contribution in [0.4, 0.5) is 0 Å². The fraction of sp³-hybridized carbons (Fsp3) is 0.667. The standard InChI is InChI=1S/C15H22O4/c1-2-3-4-5-8-14-13(17)11-10-12(16)7-6-9-15(18)19-14/h10-11,14H,2-9H2,1H3. The molecule has 106 valence electrons. The highest BCUT2D eigenvalue weighted by Gasteiger charge is 2.21. The summed E-state index contributed by atoms with van der Waals surface area (Å²) in [6.07, 6.45) is 7.49. The number of unbranched alkanes of at least 4 members (excludes halogenated alkanes) is 3. The number of hydrogen-bond acceptors (Lipinski definition) is 4. The van der Waals surface area contributed by atoms with Crippen LogP contribution in [0.25, 0.3) is 0 Å². The average molecular weight is 266 g/mol. The lowest BCUT2D eigenvalue weighted by atomic mass is 10.0. The summed E-state index contributed by atoms with van der Waals surface area (Å²) in [5.74, 6) is -0.759. The minimum atomic E-state index is -0.716. The van der Waals surface area contributed by atoms with Gasteiger partial charge >= 0.3 is 5.97 Å². The van der Waals surface area contributed by atoms with E-state index in [9.17, 15) is 14.4 Å². The molecular formula is C15H22O4. The predicted octanol–water partition coefficient (Wildman–Crippen LogP) is 2.75. The highest BCUT2D eigenvalue weighted by Crippen LogP contribution is 2.13. The minimum absolute atomic E-state index is 0.104. The maximum Gasteiger partial charge on any atom is 0.306 e. The Morgan fingerprint density at radius 2 is 1.89 bits per heavy atom. The molecular weight excluding hydrogens is 244 g/mol. The van der Waals surface area contributed by atoms with E-state index in [1.165, 1.54) is 12.2 Å². The normalized spacial score (nSPS) is 21.3. The van der Waals surface area contributed by atoms with Gasteiger partial charge in [0.05, 0.1) is 0 Å². The molecule has 0 aromatic carbocycles. The molecule has 0 aliphatic carbocycles. The smallest absolute Gasteiger partial charge is 0.306 e. The van der Waals surface area contributed by atoms with Crippen LogP contribution >= 0.6 is 0 Å². The summed E-state index contributed by atoms with van der Waals surface area (Å²) < 4.78 is 5.20. The number of ether oxygens (including phenoxy) is 1. The van der Waals surface area contributed by atoms with Crippen LogP contribution in [-0.2, 0) is 19.1 Å². The van der Waals surface area contributed by atoms with Crippen LogP contribution in [-0.4, -0.2) is 23.6 Å². The monoisotopic (exact) mass is 266 g/mol. The Morgan fingerprint density at radius 3 is 2.63 bits per heavy atom. The Balaban J connectivity index is 2.59. The maximum absolute atomic E-state index is 11.9. The molecule has 1 aliphatic rings. The van der Waals surface area contributed by atoms with E-state index in [0.717, 1.165) is 25.7 Å². The molecule has 1 unspecified atom stereocenters. The van der Waals surface area contributed by atoms with Gasteiger partial charge in [-0.05, 0) is 31.4 Å². The molecule has 4 heteroatoms. The third kappa shape index (κ3) is 6.32. The van der Waals surface area contributed by atoms with Crippen molar-refractivity contribution >= 4 is 17.5 Å². The molecule has 0 N–H and O–H groups in total. The summed E-state index contributed by atoms with van der Waals surface area (Å²) in [5.41, 5.74) is 0. The Morgan fingerprint density at radius 1 is 1.11 bits per heavy atom. The van der Waals surface area contributed by atoms with Gasteiger partial charge in [0, 0.05) is 12.8 Å². The molecule has 1 atom stereocenters. The highest BCUT2D eigenvalue weighted by atomic mass is 16.5. The molecule has 19 heavy (non-hydrogen) atoms. The topological polar surface area (TPSA) is 60.4 Å². The third-order valence-electron chi connectivity index (χ3n) is 3.15. The molecule has 0 aromatic heterocycles. The van der Waals surface area contributed by atoms with Crippen LogP contribution in [0.3, 0.4) is 0 Å². The van der Waals surface area contributed by atoms with E-state index in [2.05, 4.69) is 6.92 Å². The molecule has 1 heterocycles. The first-order chi connectivity index (χ1) is 9.13. The van der Waals surface area contributed by atoms with Gasteiger partial charge in [-0.1, -0.05) is 26.2 Å². The molecule has 0 aromatic rings. The number of carbonyl (C=O) groups is 3. The predicted molar refractivity (Wildman–Crippen MR) is 71.6 cm³/mol. The Bertz CT molecular complexity index is 357. The van der Waals surface area contributed by atoms with Gasteiger partial charge in [-0.15, -0.1) is 0 Å². The van der Waals surface area contributed by atoms with Crippen LogP contribution in [0.1, 0.15) is 58.3 Å². The van der Waals surface area contributed by atoms with Gasteiger partial charge in [0.1, 0.15) is 0 Å². The van der Waals surface area contributed by atoms with E-state index in [-0.39, 0.29) is 24.0 Å². The van der Waals surface area contributed by atoms with Crippen molar-refractivity contribution < 1.29 is 19.1 Å². The van der Waals surface area contributed by atoms with Gasteiger partial charge in [-0.25, -0.2) is 0 Å². The summed E-state index contributed by atoms with van der Waals surface area (Å²) in [5, 5.41) is 0. The van der Waals surface area contributed by atoms with E-state index in [0.29, 0.717) is 19.3 Å². The lowest BCUT2D eigenvalue weighted by Gasteiger charge is -2.16. The van der Waals surface area contributed by atoms with E-state index in [1.807, 2.05) is 0 Å². The van der Waals surface area contributed by atoms with Gasteiger partial charge in [0.15, 0.2) is 17.7 Å². The molecule has 0 spiro atoms. The summed E-state index contributed by atoms with van der Waals surface area (Å²) in [6, 6.07) is 0.